The Bertz CT molecular complexity index is 559. The van der Waals surface area contributed by atoms with Crippen molar-refractivity contribution in [1.29, 1.82) is 0 Å². The molecule has 1 aromatic carbocycles. The molecule has 122 valence electrons. The van der Waals surface area contributed by atoms with Crippen LogP contribution in [-0.4, -0.2) is 42.4 Å². The summed E-state index contributed by atoms with van der Waals surface area (Å²) in [5.41, 5.74) is -0.667. The van der Waals surface area contributed by atoms with E-state index in [0.29, 0.717) is 37.2 Å². The van der Waals surface area contributed by atoms with Gasteiger partial charge in [0.15, 0.2) is 0 Å². The highest BCUT2D eigenvalue weighted by molar-refractivity contribution is 5.37. The molecule has 2 fully saturated rings. The zero-order valence-electron chi connectivity index (χ0n) is 12.7. The van der Waals surface area contributed by atoms with Crippen molar-refractivity contribution in [1.82, 2.24) is 4.90 Å². The summed E-state index contributed by atoms with van der Waals surface area (Å²) in [5.74, 6) is 0. The highest BCUT2D eigenvalue weighted by Gasteiger charge is 2.46. The summed E-state index contributed by atoms with van der Waals surface area (Å²) < 4.78 is 43.9. The molecular formula is C16H20F3NO2. The molecule has 2 atom stereocenters. The summed E-state index contributed by atoms with van der Waals surface area (Å²) in [6.45, 7) is 2.73. The molecule has 0 radical (unpaired) electrons. The van der Waals surface area contributed by atoms with Crippen LogP contribution in [-0.2, 0) is 16.5 Å². The normalized spacial score (nSPS) is 33.0. The first-order chi connectivity index (χ1) is 10.2. The first kappa shape index (κ1) is 15.8. The molecule has 2 bridgehead atoms. The lowest BCUT2D eigenvalue weighted by atomic mass is 9.75. The Labute approximate surface area is 127 Å². The van der Waals surface area contributed by atoms with Gasteiger partial charge in [0.1, 0.15) is 0 Å². The second-order valence-corrected chi connectivity index (χ2v) is 6.48. The van der Waals surface area contributed by atoms with Gasteiger partial charge in [-0.3, -0.25) is 4.90 Å². The van der Waals surface area contributed by atoms with Gasteiger partial charge in [0, 0.05) is 12.1 Å². The zero-order chi connectivity index (χ0) is 16.1. The van der Waals surface area contributed by atoms with Crippen LogP contribution in [0, 0.1) is 6.92 Å². The molecule has 0 aliphatic carbocycles. The molecule has 3 nitrogen and oxygen atoms in total. The quantitative estimate of drug-likeness (QED) is 0.865. The summed E-state index contributed by atoms with van der Waals surface area (Å²) in [6, 6.07) is 3.81. The van der Waals surface area contributed by atoms with Crippen LogP contribution < -0.4 is 0 Å². The Balaban J connectivity index is 1.93. The third-order valence-corrected chi connectivity index (χ3v) is 4.97. The number of hydrogen-bond donors (Lipinski definition) is 1. The first-order valence-corrected chi connectivity index (χ1v) is 7.41. The number of piperidine rings is 1. The number of aryl methyl sites for hydroxylation is 1. The number of likely N-dealkylation sites (N-methyl/N-ethyl adjacent to an activating group) is 1. The van der Waals surface area contributed by atoms with Gasteiger partial charge in [0.25, 0.3) is 0 Å². The van der Waals surface area contributed by atoms with Crippen molar-refractivity contribution in [2.24, 2.45) is 0 Å². The Morgan fingerprint density at radius 3 is 2.32 bits per heavy atom. The smallest absolute Gasteiger partial charge is 0.385 e. The van der Waals surface area contributed by atoms with Crippen molar-refractivity contribution < 1.29 is 23.0 Å². The Morgan fingerprint density at radius 1 is 1.23 bits per heavy atom. The molecule has 1 aromatic rings. The molecule has 2 aliphatic rings. The van der Waals surface area contributed by atoms with Gasteiger partial charge in [-0.25, -0.2) is 0 Å². The number of fused-ring (bicyclic) bond motifs is 2. The third kappa shape index (κ3) is 2.64. The second-order valence-electron chi connectivity index (χ2n) is 6.48. The fourth-order valence-electron chi connectivity index (χ4n) is 3.72. The van der Waals surface area contributed by atoms with E-state index in [9.17, 15) is 18.3 Å². The van der Waals surface area contributed by atoms with E-state index < -0.39 is 17.3 Å². The molecule has 3 rings (SSSR count). The second kappa shape index (κ2) is 5.22. The van der Waals surface area contributed by atoms with Gasteiger partial charge in [-0.2, -0.15) is 13.2 Å². The van der Waals surface area contributed by atoms with Crippen LogP contribution in [0.4, 0.5) is 13.2 Å². The fourth-order valence-corrected chi connectivity index (χ4v) is 3.72. The van der Waals surface area contributed by atoms with Gasteiger partial charge in [0.05, 0.1) is 24.4 Å². The van der Waals surface area contributed by atoms with Crippen LogP contribution in [0.15, 0.2) is 18.2 Å². The minimum absolute atomic E-state index is 0.0965. The number of alkyl halides is 3. The number of hydrogen-bond acceptors (Lipinski definition) is 3. The topological polar surface area (TPSA) is 32.7 Å². The van der Waals surface area contributed by atoms with Crippen LogP contribution in [0.5, 0.6) is 0 Å². The third-order valence-electron chi connectivity index (χ3n) is 4.97. The number of benzene rings is 1. The van der Waals surface area contributed by atoms with Gasteiger partial charge in [-0.1, -0.05) is 6.07 Å². The maximum absolute atomic E-state index is 12.8. The SMILES string of the molecule is Cc1cc(C(F)(F)F)ccc1C1(O)CC2COCC(C1)N2C. The van der Waals surface area contributed by atoms with E-state index in [0.717, 1.165) is 12.1 Å². The Hall–Kier alpha value is -1.11. The number of ether oxygens (including phenoxy) is 1. The summed E-state index contributed by atoms with van der Waals surface area (Å²) in [7, 11) is 2.01. The number of halogens is 3. The van der Waals surface area contributed by atoms with E-state index >= 15 is 0 Å². The Morgan fingerprint density at radius 2 is 1.82 bits per heavy atom. The maximum atomic E-state index is 12.8. The summed E-state index contributed by atoms with van der Waals surface area (Å²) in [4.78, 5) is 2.21. The number of morpholine rings is 1. The van der Waals surface area contributed by atoms with Crippen molar-refractivity contribution in [3.05, 3.63) is 34.9 Å². The highest BCUT2D eigenvalue weighted by atomic mass is 19.4. The van der Waals surface area contributed by atoms with Gasteiger partial charge >= 0.3 is 6.18 Å². The predicted octanol–water partition coefficient (Wildman–Crippen LogP) is 2.69. The first-order valence-electron chi connectivity index (χ1n) is 7.41. The van der Waals surface area contributed by atoms with Crippen LogP contribution in [0.25, 0.3) is 0 Å². The molecule has 6 heteroatoms. The zero-order valence-corrected chi connectivity index (χ0v) is 12.7. The highest BCUT2D eigenvalue weighted by Crippen LogP contribution is 2.42. The summed E-state index contributed by atoms with van der Waals surface area (Å²) in [6.07, 6.45) is -3.40. The summed E-state index contributed by atoms with van der Waals surface area (Å²) >= 11 is 0. The molecule has 1 N–H and O–H groups in total. The van der Waals surface area contributed by atoms with E-state index in [-0.39, 0.29) is 12.1 Å². The monoisotopic (exact) mass is 315 g/mol. The van der Waals surface area contributed by atoms with Crippen LogP contribution in [0.1, 0.15) is 29.5 Å². The van der Waals surface area contributed by atoms with Crippen molar-refractivity contribution in [2.75, 3.05) is 20.3 Å². The number of aliphatic hydroxyl groups is 1. The van der Waals surface area contributed by atoms with Crippen molar-refractivity contribution in [3.8, 4) is 0 Å². The average molecular weight is 315 g/mol. The molecule has 2 aliphatic heterocycles. The van der Waals surface area contributed by atoms with Crippen LogP contribution in [0.2, 0.25) is 0 Å². The molecule has 22 heavy (non-hydrogen) atoms. The van der Waals surface area contributed by atoms with Gasteiger partial charge in [-0.05, 0) is 50.1 Å². The minimum atomic E-state index is -4.36. The van der Waals surface area contributed by atoms with Gasteiger partial charge in [0.2, 0.25) is 0 Å². The van der Waals surface area contributed by atoms with Crippen LogP contribution >= 0.6 is 0 Å². The predicted molar refractivity (Wildman–Crippen MR) is 75.5 cm³/mol. The van der Waals surface area contributed by atoms with Crippen LogP contribution in [0.3, 0.4) is 0 Å². The minimum Gasteiger partial charge on any atom is -0.385 e. The fraction of sp³-hybridized carbons (Fsp3) is 0.625. The molecule has 2 heterocycles. The van der Waals surface area contributed by atoms with E-state index in [1.54, 1.807) is 6.92 Å². The maximum Gasteiger partial charge on any atom is 0.416 e. The standard InChI is InChI=1S/C16H20F3NO2/c1-10-5-11(16(17,18)19)3-4-14(10)15(21)6-12-8-22-9-13(7-15)20(12)2/h3-5,12-13,21H,6-9H2,1-2H3. The van der Waals surface area contributed by atoms with Gasteiger partial charge in [-0.15, -0.1) is 0 Å². The van der Waals surface area contributed by atoms with E-state index in [4.69, 9.17) is 4.74 Å². The van der Waals surface area contributed by atoms with Crippen molar-refractivity contribution >= 4 is 0 Å². The molecule has 2 unspecified atom stereocenters. The molecule has 0 spiro atoms. The van der Waals surface area contributed by atoms with E-state index in [2.05, 4.69) is 4.90 Å². The Kier molecular flexibility index (Phi) is 3.74. The lowest BCUT2D eigenvalue weighted by molar-refractivity contribution is -0.140. The molecule has 0 amide bonds. The number of nitrogens with zero attached hydrogens (tertiary/aromatic N) is 1. The average Bonchev–Trinajstić information content (AvgIpc) is 2.39. The van der Waals surface area contributed by atoms with Crippen molar-refractivity contribution in [2.45, 2.75) is 43.6 Å². The largest absolute Gasteiger partial charge is 0.416 e. The summed E-state index contributed by atoms with van der Waals surface area (Å²) in [5, 5.41) is 11.1. The lowest BCUT2D eigenvalue weighted by Crippen LogP contribution is -2.59. The molecule has 0 aromatic heterocycles. The van der Waals surface area contributed by atoms with E-state index in [1.165, 1.54) is 6.07 Å². The number of rotatable bonds is 1. The van der Waals surface area contributed by atoms with Gasteiger partial charge < -0.3 is 9.84 Å². The molecule has 2 saturated heterocycles. The van der Waals surface area contributed by atoms with E-state index in [1.807, 2.05) is 7.05 Å². The molecular weight excluding hydrogens is 295 g/mol. The lowest BCUT2D eigenvalue weighted by Gasteiger charge is -2.50. The van der Waals surface area contributed by atoms with Crippen molar-refractivity contribution in [3.63, 3.8) is 0 Å². The molecule has 0 saturated carbocycles.